The van der Waals surface area contributed by atoms with Crippen LogP contribution in [0.25, 0.3) is 0 Å². The molecule has 0 saturated carbocycles. The molecule has 0 aliphatic carbocycles. The van der Waals surface area contributed by atoms with Gasteiger partial charge in [0.15, 0.2) is 0 Å². The van der Waals surface area contributed by atoms with Gasteiger partial charge in [-0.3, -0.25) is 0 Å². The van der Waals surface area contributed by atoms with Crippen LogP contribution in [0.15, 0.2) is 0 Å². The van der Waals surface area contributed by atoms with Gasteiger partial charge in [-0.25, -0.2) is 0 Å². The fourth-order valence-electron chi connectivity index (χ4n) is 1.40. The van der Waals surface area contributed by atoms with Crippen LogP contribution >= 0.6 is 12.2 Å². The zero-order valence-corrected chi connectivity index (χ0v) is 14.1. The zero-order valence-electron chi connectivity index (χ0n) is 10.4. The summed E-state index contributed by atoms with van der Waals surface area (Å²) < 4.78 is 0.650. The Morgan fingerprint density at radius 3 is 1.67 bits per heavy atom. The van der Waals surface area contributed by atoms with E-state index in [0.717, 1.165) is 13.1 Å². The number of rotatable bonds is 8. The van der Waals surface area contributed by atoms with Gasteiger partial charge in [-0.2, -0.15) is 0 Å². The fraction of sp³-hybridized carbons (Fsp3) is 0.909. The molecule has 0 radical (unpaired) electrons. The molecule has 0 aromatic heterocycles. The number of thiocarbonyl (C=S) groups is 1. The van der Waals surface area contributed by atoms with E-state index in [9.17, 15) is 0 Å². The van der Waals surface area contributed by atoms with Crippen LogP contribution in [0, 0.1) is 0 Å². The molecular formula is C11H22NNaS2. The molecule has 0 saturated heterocycles. The second-order valence-corrected chi connectivity index (χ2v) is 4.70. The smallest absolute Gasteiger partial charge is 0.411 e. The van der Waals surface area contributed by atoms with Crippen molar-refractivity contribution in [2.75, 3.05) is 13.1 Å². The zero-order chi connectivity index (χ0) is 10.8. The summed E-state index contributed by atoms with van der Waals surface area (Å²) in [5.74, 6) is 0. The summed E-state index contributed by atoms with van der Waals surface area (Å²) in [4.78, 5) is 2.18. The van der Waals surface area contributed by atoms with Crippen molar-refractivity contribution in [1.82, 2.24) is 4.90 Å². The van der Waals surface area contributed by atoms with Crippen LogP contribution in [-0.4, -0.2) is 22.3 Å². The average molecular weight is 255 g/mol. The second kappa shape index (κ2) is 13.2. The van der Waals surface area contributed by atoms with Crippen LogP contribution < -0.4 is 29.6 Å². The predicted molar refractivity (Wildman–Crippen MR) is 70.6 cm³/mol. The van der Waals surface area contributed by atoms with Crippen molar-refractivity contribution in [3.05, 3.63) is 0 Å². The largest absolute Gasteiger partial charge is 1.00 e. The van der Waals surface area contributed by atoms with E-state index in [2.05, 4.69) is 18.7 Å². The Morgan fingerprint density at radius 2 is 1.40 bits per heavy atom. The van der Waals surface area contributed by atoms with E-state index in [0.29, 0.717) is 4.32 Å². The molecule has 0 aromatic rings. The summed E-state index contributed by atoms with van der Waals surface area (Å²) in [6, 6.07) is 0. The summed E-state index contributed by atoms with van der Waals surface area (Å²) in [5, 5.41) is 0. The van der Waals surface area contributed by atoms with Crippen molar-refractivity contribution in [3.8, 4) is 0 Å². The summed E-state index contributed by atoms with van der Waals surface area (Å²) in [7, 11) is 0. The first-order valence-corrected chi connectivity index (χ1v) is 6.50. The molecule has 1 nitrogen and oxygen atoms in total. The molecule has 0 aliphatic heterocycles. The molecule has 0 fully saturated rings. The maximum Gasteiger partial charge on any atom is 1.00 e. The van der Waals surface area contributed by atoms with Crippen molar-refractivity contribution < 1.29 is 29.6 Å². The van der Waals surface area contributed by atoms with Gasteiger partial charge >= 0.3 is 29.6 Å². The van der Waals surface area contributed by atoms with Crippen molar-refractivity contribution in [3.63, 3.8) is 0 Å². The first-order valence-electron chi connectivity index (χ1n) is 5.68. The van der Waals surface area contributed by atoms with Crippen LogP contribution in [0.4, 0.5) is 0 Å². The normalized spacial score (nSPS) is 9.47. The Kier molecular flexibility index (Phi) is 16.2. The van der Waals surface area contributed by atoms with Crippen molar-refractivity contribution in [2.45, 2.75) is 52.4 Å². The Labute approximate surface area is 128 Å². The molecule has 0 atom stereocenters. The maximum atomic E-state index is 5.06. The third-order valence-electron chi connectivity index (χ3n) is 2.32. The van der Waals surface area contributed by atoms with Gasteiger partial charge in [0.2, 0.25) is 0 Å². The topological polar surface area (TPSA) is 3.24 Å². The van der Waals surface area contributed by atoms with Crippen molar-refractivity contribution in [2.24, 2.45) is 0 Å². The van der Waals surface area contributed by atoms with Crippen LogP contribution in [0.2, 0.25) is 0 Å². The summed E-state index contributed by atoms with van der Waals surface area (Å²) in [5.41, 5.74) is 0. The molecule has 0 aromatic carbocycles. The van der Waals surface area contributed by atoms with E-state index in [1.165, 1.54) is 38.5 Å². The fourth-order valence-corrected chi connectivity index (χ4v) is 1.76. The minimum absolute atomic E-state index is 0. The van der Waals surface area contributed by atoms with Gasteiger partial charge in [0, 0.05) is 13.1 Å². The van der Waals surface area contributed by atoms with E-state index >= 15 is 0 Å². The molecule has 0 N–H and O–H groups in total. The number of hydrogen-bond donors (Lipinski definition) is 0. The molecule has 0 unspecified atom stereocenters. The minimum atomic E-state index is 0. The molecule has 4 heteroatoms. The first kappa shape index (κ1) is 18.5. The third kappa shape index (κ3) is 11.4. The first-order chi connectivity index (χ1) is 6.72. The molecule has 0 bridgehead atoms. The molecule has 0 rings (SSSR count). The average Bonchev–Trinajstić information content (AvgIpc) is 2.15. The Balaban J connectivity index is 0. The quantitative estimate of drug-likeness (QED) is 0.269. The standard InChI is InChI=1S/C11H23NS2.Na/c1-3-5-7-9-12(11(13)14)10-8-6-4-2;/h3-10H2,1-2H3,(H,13,14);/q;+1/p-1. The van der Waals surface area contributed by atoms with Gasteiger partial charge in [-0.15, -0.1) is 0 Å². The number of nitrogens with zero attached hydrogens (tertiary/aromatic N) is 1. The second-order valence-electron chi connectivity index (χ2n) is 3.67. The van der Waals surface area contributed by atoms with Gasteiger partial charge in [0.1, 0.15) is 0 Å². The molecule has 0 heterocycles. The van der Waals surface area contributed by atoms with Crippen LogP contribution in [-0.2, 0) is 12.6 Å². The summed E-state index contributed by atoms with van der Waals surface area (Å²) in [6.07, 6.45) is 7.52. The number of hydrogen-bond acceptors (Lipinski definition) is 2. The molecular weight excluding hydrogens is 233 g/mol. The van der Waals surface area contributed by atoms with E-state index in [4.69, 9.17) is 24.8 Å². The van der Waals surface area contributed by atoms with Crippen molar-refractivity contribution in [1.29, 1.82) is 0 Å². The van der Waals surface area contributed by atoms with Gasteiger partial charge in [-0.05, 0) is 12.8 Å². The van der Waals surface area contributed by atoms with E-state index in [1.54, 1.807) is 0 Å². The Hall–Kier alpha value is 1.11. The maximum absolute atomic E-state index is 5.06. The molecule has 0 amide bonds. The van der Waals surface area contributed by atoms with Crippen molar-refractivity contribution >= 4 is 29.2 Å². The molecule has 15 heavy (non-hydrogen) atoms. The minimum Gasteiger partial charge on any atom is -0.411 e. The Bertz CT molecular complexity index is 144. The van der Waals surface area contributed by atoms with Gasteiger partial charge in [0.05, 0.1) is 0 Å². The predicted octanol–water partition coefficient (Wildman–Crippen LogP) is 0.505. The SMILES string of the molecule is CCCCCN(CCCCC)C(=S)[S-].[Na+]. The monoisotopic (exact) mass is 255 g/mol. The van der Waals surface area contributed by atoms with E-state index in [1.807, 2.05) is 0 Å². The summed E-state index contributed by atoms with van der Waals surface area (Å²) >= 11 is 10.1. The van der Waals surface area contributed by atoms with Gasteiger partial charge in [0.25, 0.3) is 0 Å². The van der Waals surface area contributed by atoms with Gasteiger partial charge < -0.3 is 29.7 Å². The van der Waals surface area contributed by atoms with E-state index in [-0.39, 0.29) is 29.6 Å². The number of unbranched alkanes of at least 4 members (excludes halogenated alkanes) is 4. The molecule has 0 spiro atoms. The molecule has 0 aliphatic rings. The molecule has 84 valence electrons. The Morgan fingerprint density at radius 1 is 1.00 bits per heavy atom. The van der Waals surface area contributed by atoms with Crippen LogP contribution in [0.5, 0.6) is 0 Å². The third-order valence-corrected chi connectivity index (χ3v) is 2.84. The van der Waals surface area contributed by atoms with Crippen LogP contribution in [0.1, 0.15) is 52.4 Å². The van der Waals surface area contributed by atoms with Gasteiger partial charge in [-0.1, -0.05) is 43.9 Å². The van der Waals surface area contributed by atoms with E-state index < -0.39 is 0 Å². The van der Waals surface area contributed by atoms with Crippen LogP contribution in [0.3, 0.4) is 0 Å². The summed E-state index contributed by atoms with van der Waals surface area (Å²) in [6.45, 7) is 6.54.